The monoisotopic (exact) mass is 225 g/mol. The number of nitrogens with zero attached hydrogens (tertiary/aromatic N) is 2. The standard InChI is InChI=1S/C13H27N3/c1-4-5-12-9-16(7-6-14-12)13-8-11(2)15(3)10-13/h11-14H,4-10H2,1-3H3. The number of likely N-dealkylation sites (N-methyl/N-ethyl adjacent to an activating group) is 1. The van der Waals surface area contributed by atoms with E-state index in [1.807, 2.05) is 0 Å². The fourth-order valence-corrected chi connectivity index (χ4v) is 3.15. The molecular formula is C13H27N3. The summed E-state index contributed by atoms with van der Waals surface area (Å²) < 4.78 is 0. The van der Waals surface area contributed by atoms with Crippen molar-refractivity contribution in [3.63, 3.8) is 0 Å². The summed E-state index contributed by atoms with van der Waals surface area (Å²) in [5.41, 5.74) is 0. The summed E-state index contributed by atoms with van der Waals surface area (Å²) in [5, 5.41) is 3.64. The van der Waals surface area contributed by atoms with Gasteiger partial charge in [-0.25, -0.2) is 0 Å². The molecule has 0 saturated carbocycles. The van der Waals surface area contributed by atoms with Gasteiger partial charge in [0.1, 0.15) is 0 Å². The lowest BCUT2D eigenvalue weighted by molar-refractivity contribution is 0.142. The third-order valence-corrected chi connectivity index (χ3v) is 4.30. The lowest BCUT2D eigenvalue weighted by Gasteiger charge is -2.37. The van der Waals surface area contributed by atoms with Gasteiger partial charge >= 0.3 is 0 Å². The molecule has 0 radical (unpaired) electrons. The minimum Gasteiger partial charge on any atom is -0.311 e. The van der Waals surface area contributed by atoms with Crippen molar-refractivity contribution < 1.29 is 0 Å². The van der Waals surface area contributed by atoms with Gasteiger partial charge in [0, 0.05) is 44.3 Å². The Balaban J connectivity index is 1.85. The van der Waals surface area contributed by atoms with Crippen molar-refractivity contribution in [2.75, 3.05) is 33.2 Å². The molecule has 2 rings (SSSR count). The van der Waals surface area contributed by atoms with Crippen LogP contribution in [0.2, 0.25) is 0 Å². The normalized spacial score (nSPS) is 38.1. The molecule has 2 heterocycles. The van der Waals surface area contributed by atoms with Gasteiger partial charge in [-0.05, 0) is 26.8 Å². The van der Waals surface area contributed by atoms with Gasteiger partial charge in [0.05, 0.1) is 0 Å². The zero-order valence-corrected chi connectivity index (χ0v) is 11.1. The number of hydrogen-bond acceptors (Lipinski definition) is 3. The lowest BCUT2D eigenvalue weighted by atomic mass is 10.1. The summed E-state index contributed by atoms with van der Waals surface area (Å²) in [6.07, 6.45) is 3.98. The first kappa shape index (κ1) is 12.3. The Labute approximate surface area is 100 Å². The first-order valence-corrected chi connectivity index (χ1v) is 6.88. The molecule has 0 amide bonds. The van der Waals surface area contributed by atoms with Crippen molar-refractivity contribution in [2.45, 2.75) is 51.2 Å². The molecule has 0 aromatic heterocycles. The van der Waals surface area contributed by atoms with Crippen LogP contribution in [0.4, 0.5) is 0 Å². The third kappa shape index (κ3) is 2.76. The topological polar surface area (TPSA) is 18.5 Å². The molecule has 0 aliphatic carbocycles. The maximum absolute atomic E-state index is 3.64. The fourth-order valence-electron chi connectivity index (χ4n) is 3.15. The molecule has 0 aromatic carbocycles. The van der Waals surface area contributed by atoms with E-state index in [-0.39, 0.29) is 0 Å². The molecule has 16 heavy (non-hydrogen) atoms. The van der Waals surface area contributed by atoms with Crippen LogP contribution in [0.5, 0.6) is 0 Å². The predicted octanol–water partition coefficient (Wildman–Crippen LogP) is 1.15. The van der Waals surface area contributed by atoms with Crippen LogP contribution in [0.15, 0.2) is 0 Å². The Morgan fingerprint density at radius 2 is 2.12 bits per heavy atom. The van der Waals surface area contributed by atoms with Gasteiger partial charge in [-0.3, -0.25) is 4.90 Å². The summed E-state index contributed by atoms with van der Waals surface area (Å²) in [6, 6.07) is 2.31. The first-order valence-electron chi connectivity index (χ1n) is 6.88. The van der Waals surface area contributed by atoms with E-state index in [1.165, 1.54) is 45.4 Å². The molecule has 2 aliphatic rings. The van der Waals surface area contributed by atoms with Crippen LogP contribution < -0.4 is 5.32 Å². The number of nitrogens with one attached hydrogen (secondary N) is 1. The molecule has 0 spiro atoms. The van der Waals surface area contributed by atoms with Crippen LogP contribution in [0.25, 0.3) is 0 Å². The van der Waals surface area contributed by atoms with E-state index >= 15 is 0 Å². The van der Waals surface area contributed by atoms with Crippen LogP contribution in [-0.2, 0) is 0 Å². The molecule has 94 valence electrons. The summed E-state index contributed by atoms with van der Waals surface area (Å²) >= 11 is 0. The Bertz CT molecular complexity index is 207. The molecule has 3 unspecified atom stereocenters. The largest absolute Gasteiger partial charge is 0.311 e. The summed E-state index contributed by atoms with van der Waals surface area (Å²) in [6.45, 7) is 9.58. The maximum atomic E-state index is 3.64. The van der Waals surface area contributed by atoms with E-state index in [1.54, 1.807) is 0 Å². The van der Waals surface area contributed by atoms with Crippen LogP contribution >= 0.6 is 0 Å². The van der Waals surface area contributed by atoms with Gasteiger partial charge in [0.25, 0.3) is 0 Å². The zero-order chi connectivity index (χ0) is 11.5. The molecule has 2 fully saturated rings. The smallest absolute Gasteiger partial charge is 0.0239 e. The van der Waals surface area contributed by atoms with E-state index in [9.17, 15) is 0 Å². The second kappa shape index (κ2) is 5.48. The molecule has 3 heteroatoms. The number of piperazine rings is 1. The van der Waals surface area contributed by atoms with E-state index in [0.717, 1.165) is 18.1 Å². The minimum atomic E-state index is 0.736. The van der Waals surface area contributed by atoms with Crippen molar-refractivity contribution in [3.8, 4) is 0 Å². The highest BCUT2D eigenvalue weighted by Crippen LogP contribution is 2.21. The highest BCUT2D eigenvalue weighted by molar-refractivity contribution is 4.90. The Morgan fingerprint density at radius 3 is 2.75 bits per heavy atom. The van der Waals surface area contributed by atoms with E-state index in [2.05, 4.69) is 36.0 Å². The van der Waals surface area contributed by atoms with Crippen molar-refractivity contribution in [2.24, 2.45) is 0 Å². The zero-order valence-electron chi connectivity index (χ0n) is 11.1. The highest BCUT2D eigenvalue weighted by atomic mass is 15.3. The predicted molar refractivity (Wildman–Crippen MR) is 68.8 cm³/mol. The first-order chi connectivity index (χ1) is 7.70. The quantitative estimate of drug-likeness (QED) is 0.777. The molecule has 1 N–H and O–H groups in total. The van der Waals surface area contributed by atoms with Crippen molar-refractivity contribution in [1.82, 2.24) is 15.1 Å². The third-order valence-electron chi connectivity index (χ3n) is 4.30. The van der Waals surface area contributed by atoms with Gasteiger partial charge < -0.3 is 10.2 Å². The van der Waals surface area contributed by atoms with E-state index < -0.39 is 0 Å². The van der Waals surface area contributed by atoms with Gasteiger partial charge in [0.15, 0.2) is 0 Å². The van der Waals surface area contributed by atoms with Crippen LogP contribution in [-0.4, -0.2) is 61.2 Å². The SMILES string of the molecule is CCCC1CN(C2CC(C)N(C)C2)CCN1. The van der Waals surface area contributed by atoms with Gasteiger partial charge in [-0.2, -0.15) is 0 Å². The molecule has 2 saturated heterocycles. The van der Waals surface area contributed by atoms with Gasteiger partial charge in [-0.1, -0.05) is 13.3 Å². The fraction of sp³-hybridized carbons (Fsp3) is 1.00. The number of rotatable bonds is 3. The minimum absolute atomic E-state index is 0.736. The van der Waals surface area contributed by atoms with E-state index in [4.69, 9.17) is 0 Å². The molecule has 2 aliphatic heterocycles. The van der Waals surface area contributed by atoms with Crippen molar-refractivity contribution >= 4 is 0 Å². The van der Waals surface area contributed by atoms with E-state index in [0.29, 0.717) is 0 Å². The number of likely N-dealkylation sites (tertiary alicyclic amines) is 1. The van der Waals surface area contributed by atoms with Gasteiger partial charge in [0.2, 0.25) is 0 Å². The van der Waals surface area contributed by atoms with Crippen LogP contribution in [0, 0.1) is 0 Å². The number of hydrogen-bond donors (Lipinski definition) is 1. The maximum Gasteiger partial charge on any atom is 0.0239 e. The Hall–Kier alpha value is -0.120. The Kier molecular flexibility index (Phi) is 4.22. The lowest BCUT2D eigenvalue weighted by Crippen LogP contribution is -2.54. The average Bonchev–Trinajstić information content (AvgIpc) is 2.60. The summed E-state index contributed by atoms with van der Waals surface area (Å²) in [4.78, 5) is 5.22. The van der Waals surface area contributed by atoms with Crippen LogP contribution in [0.1, 0.15) is 33.1 Å². The molecule has 3 atom stereocenters. The summed E-state index contributed by atoms with van der Waals surface area (Å²) in [7, 11) is 2.26. The second-order valence-electron chi connectivity index (χ2n) is 5.61. The van der Waals surface area contributed by atoms with Crippen molar-refractivity contribution in [3.05, 3.63) is 0 Å². The van der Waals surface area contributed by atoms with Crippen LogP contribution in [0.3, 0.4) is 0 Å². The second-order valence-corrected chi connectivity index (χ2v) is 5.61. The molecule has 0 aromatic rings. The Morgan fingerprint density at radius 1 is 1.31 bits per heavy atom. The average molecular weight is 225 g/mol. The highest BCUT2D eigenvalue weighted by Gasteiger charge is 2.32. The summed E-state index contributed by atoms with van der Waals surface area (Å²) in [5.74, 6) is 0. The molecule has 3 nitrogen and oxygen atoms in total. The molecular weight excluding hydrogens is 198 g/mol. The molecule has 0 bridgehead atoms. The van der Waals surface area contributed by atoms with Crippen molar-refractivity contribution in [1.29, 1.82) is 0 Å². The van der Waals surface area contributed by atoms with Gasteiger partial charge in [-0.15, -0.1) is 0 Å².